The Morgan fingerprint density at radius 2 is 1.87 bits per heavy atom. The van der Waals surface area contributed by atoms with E-state index < -0.39 is 17.8 Å². The number of aromatic nitrogens is 1. The molecule has 0 saturated heterocycles. The average molecular weight is 308 g/mol. The molecule has 5 heteroatoms. The highest BCUT2D eigenvalue weighted by molar-refractivity contribution is 6.03. The van der Waals surface area contributed by atoms with E-state index in [2.05, 4.69) is 10.3 Å². The van der Waals surface area contributed by atoms with E-state index in [1.54, 1.807) is 6.20 Å². The van der Waals surface area contributed by atoms with Crippen molar-refractivity contribution in [3.05, 3.63) is 48.7 Å². The maximum atomic E-state index is 12.7. The lowest BCUT2D eigenvalue weighted by Gasteiger charge is -2.24. The molecule has 2 bridgehead atoms. The number of benzene rings is 1. The first kappa shape index (κ1) is 13.9. The zero-order valence-corrected chi connectivity index (χ0v) is 12.3. The van der Waals surface area contributed by atoms with E-state index in [4.69, 9.17) is 0 Å². The van der Waals surface area contributed by atoms with Crippen molar-refractivity contribution in [2.45, 2.75) is 6.42 Å². The third kappa shape index (κ3) is 2.20. The summed E-state index contributed by atoms with van der Waals surface area (Å²) in [5.41, 5.74) is 1.48. The number of rotatable bonds is 3. The summed E-state index contributed by atoms with van der Waals surface area (Å²) in [6.45, 7) is 0. The Morgan fingerprint density at radius 1 is 1.09 bits per heavy atom. The van der Waals surface area contributed by atoms with Crippen molar-refractivity contribution < 1.29 is 14.7 Å². The summed E-state index contributed by atoms with van der Waals surface area (Å²) in [6.07, 6.45) is 6.38. The Hall–Kier alpha value is -2.69. The van der Waals surface area contributed by atoms with Gasteiger partial charge in [-0.05, 0) is 42.5 Å². The molecule has 4 rings (SSSR count). The van der Waals surface area contributed by atoms with Crippen LogP contribution in [0.1, 0.15) is 6.42 Å². The maximum Gasteiger partial charge on any atom is 0.307 e. The average Bonchev–Trinajstić information content (AvgIpc) is 3.16. The molecule has 0 radical (unpaired) electrons. The van der Waals surface area contributed by atoms with Crippen LogP contribution in [0.4, 0.5) is 5.69 Å². The minimum Gasteiger partial charge on any atom is -0.481 e. The van der Waals surface area contributed by atoms with Crippen molar-refractivity contribution in [2.24, 2.45) is 23.7 Å². The Kier molecular flexibility index (Phi) is 3.15. The van der Waals surface area contributed by atoms with E-state index >= 15 is 0 Å². The predicted octanol–water partition coefficient (Wildman–Crippen LogP) is 2.70. The third-order valence-electron chi connectivity index (χ3n) is 4.95. The normalized spacial score (nSPS) is 28.2. The predicted molar refractivity (Wildman–Crippen MR) is 85.7 cm³/mol. The zero-order chi connectivity index (χ0) is 16.0. The first-order valence-electron chi connectivity index (χ1n) is 7.71. The highest BCUT2D eigenvalue weighted by Crippen LogP contribution is 2.48. The second kappa shape index (κ2) is 5.19. The molecular weight excluding hydrogens is 292 g/mol. The third-order valence-corrected chi connectivity index (χ3v) is 4.95. The molecule has 1 aromatic carbocycles. The van der Waals surface area contributed by atoms with Crippen LogP contribution >= 0.6 is 0 Å². The van der Waals surface area contributed by atoms with Crippen LogP contribution in [0, 0.1) is 23.7 Å². The van der Waals surface area contributed by atoms with Crippen LogP contribution in [0.15, 0.2) is 48.7 Å². The number of fused-ring (bicyclic) bond motifs is 3. The topological polar surface area (TPSA) is 79.3 Å². The minimum absolute atomic E-state index is 0.0224. The van der Waals surface area contributed by atoms with E-state index in [1.165, 1.54) is 0 Å². The zero-order valence-electron chi connectivity index (χ0n) is 12.3. The number of carbonyl (C=O) groups is 2. The molecule has 2 aromatic rings. The van der Waals surface area contributed by atoms with E-state index in [-0.39, 0.29) is 17.7 Å². The largest absolute Gasteiger partial charge is 0.481 e. The lowest BCUT2D eigenvalue weighted by molar-refractivity contribution is -0.146. The van der Waals surface area contributed by atoms with Gasteiger partial charge in [-0.2, -0.15) is 0 Å². The molecule has 2 N–H and O–H groups in total. The summed E-state index contributed by atoms with van der Waals surface area (Å²) in [4.78, 5) is 28.6. The number of allylic oxidation sites excluding steroid dienone is 2. The molecule has 1 saturated carbocycles. The fourth-order valence-corrected chi connectivity index (χ4v) is 3.94. The van der Waals surface area contributed by atoms with E-state index in [0.29, 0.717) is 5.69 Å². The monoisotopic (exact) mass is 308 g/mol. The van der Waals surface area contributed by atoms with Gasteiger partial charge in [0, 0.05) is 11.6 Å². The van der Waals surface area contributed by atoms with Gasteiger partial charge in [-0.3, -0.25) is 14.6 Å². The molecule has 1 amide bonds. The Labute approximate surface area is 133 Å². The van der Waals surface area contributed by atoms with Crippen LogP contribution in [0.3, 0.4) is 0 Å². The molecular formula is C18H16N2O3. The van der Waals surface area contributed by atoms with Crippen LogP contribution < -0.4 is 5.32 Å². The van der Waals surface area contributed by atoms with Crippen molar-refractivity contribution in [1.82, 2.24) is 4.98 Å². The molecule has 0 aliphatic heterocycles. The lowest BCUT2D eigenvalue weighted by Crippen LogP contribution is -2.36. The van der Waals surface area contributed by atoms with Gasteiger partial charge in [0.1, 0.15) is 0 Å². The van der Waals surface area contributed by atoms with Crippen molar-refractivity contribution in [1.29, 1.82) is 0 Å². The second-order valence-electron chi connectivity index (χ2n) is 6.20. The fourth-order valence-electron chi connectivity index (χ4n) is 3.94. The number of carbonyl (C=O) groups excluding carboxylic acids is 1. The van der Waals surface area contributed by atoms with Crippen LogP contribution in [-0.2, 0) is 9.59 Å². The number of pyridine rings is 1. The summed E-state index contributed by atoms with van der Waals surface area (Å²) in [5.74, 6) is -2.24. The quantitative estimate of drug-likeness (QED) is 0.854. The number of nitrogens with zero attached hydrogens (tertiary/aromatic N) is 1. The smallest absolute Gasteiger partial charge is 0.307 e. The second-order valence-corrected chi connectivity index (χ2v) is 6.20. The van der Waals surface area contributed by atoms with Gasteiger partial charge in [0.25, 0.3) is 0 Å². The Morgan fingerprint density at radius 3 is 2.65 bits per heavy atom. The summed E-state index contributed by atoms with van der Waals surface area (Å²) in [7, 11) is 0. The Bertz CT molecular complexity index is 825. The highest BCUT2D eigenvalue weighted by atomic mass is 16.4. The lowest BCUT2D eigenvalue weighted by atomic mass is 9.82. The number of hydrogen-bond donors (Lipinski definition) is 2. The minimum atomic E-state index is -0.887. The van der Waals surface area contributed by atoms with Crippen LogP contribution in [0.25, 0.3) is 10.9 Å². The number of amides is 1. The number of carboxylic acid groups (broad SMARTS) is 1. The van der Waals surface area contributed by atoms with Crippen molar-refractivity contribution in [2.75, 3.05) is 5.32 Å². The van der Waals surface area contributed by atoms with E-state index in [0.717, 1.165) is 17.3 Å². The van der Waals surface area contributed by atoms with Crippen LogP contribution in [0.2, 0.25) is 0 Å². The van der Waals surface area contributed by atoms with Crippen LogP contribution in [-0.4, -0.2) is 22.0 Å². The first-order valence-corrected chi connectivity index (χ1v) is 7.71. The van der Waals surface area contributed by atoms with Crippen molar-refractivity contribution in [3.63, 3.8) is 0 Å². The van der Waals surface area contributed by atoms with Gasteiger partial charge in [0.05, 0.1) is 23.0 Å². The summed E-state index contributed by atoms with van der Waals surface area (Å²) >= 11 is 0. The number of hydrogen-bond acceptors (Lipinski definition) is 3. The molecule has 0 unspecified atom stereocenters. The molecule has 4 atom stereocenters. The number of aliphatic carboxylic acids is 1. The number of carboxylic acids is 1. The molecule has 1 heterocycles. The summed E-state index contributed by atoms with van der Waals surface area (Å²) in [6, 6.07) is 9.25. The van der Waals surface area contributed by atoms with Gasteiger partial charge in [0.2, 0.25) is 5.91 Å². The molecule has 1 fully saturated rings. The molecule has 0 spiro atoms. The van der Waals surface area contributed by atoms with Crippen LogP contribution in [0.5, 0.6) is 0 Å². The fraction of sp³-hybridized carbons (Fsp3) is 0.278. The highest BCUT2D eigenvalue weighted by Gasteiger charge is 2.51. The molecule has 5 nitrogen and oxygen atoms in total. The van der Waals surface area contributed by atoms with Gasteiger partial charge in [0.15, 0.2) is 0 Å². The van der Waals surface area contributed by atoms with E-state index in [9.17, 15) is 14.7 Å². The summed E-state index contributed by atoms with van der Waals surface area (Å²) < 4.78 is 0. The van der Waals surface area contributed by atoms with Crippen molar-refractivity contribution >= 4 is 28.5 Å². The molecule has 2 aliphatic carbocycles. The number of nitrogens with one attached hydrogen (secondary N) is 1. The number of anilines is 1. The molecule has 1 aromatic heterocycles. The van der Waals surface area contributed by atoms with Gasteiger partial charge >= 0.3 is 5.97 Å². The van der Waals surface area contributed by atoms with Gasteiger partial charge in [-0.15, -0.1) is 0 Å². The maximum absolute atomic E-state index is 12.7. The molecule has 2 aliphatic rings. The summed E-state index contributed by atoms with van der Waals surface area (Å²) in [5, 5.41) is 13.2. The molecule has 23 heavy (non-hydrogen) atoms. The molecule has 116 valence electrons. The SMILES string of the molecule is O=C(O)[C@@H]1[C@H](C(=O)Nc2cccc3ncccc23)[C@H]2C=C[C@H]1C2. The van der Waals surface area contributed by atoms with Gasteiger partial charge in [-0.25, -0.2) is 0 Å². The Balaban J connectivity index is 1.65. The first-order chi connectivity index (χ1) is 11.1. The van der Waals surface area contributed by atoms with Gasteiger partial charge in [-0.1, -0.05) is 18.2 Å². The standard InChI is InChI=1S/C18H16N2O3/c21-17(15-10-6-7-11(9-10)16(15)18(22)23)20-14-5-1-4-13-12(14)3-2-8-19-13/h1-8,10-11,15-16H,9H2,(H,20,21)(H,22,23)/t10-,11-,15+,16-/m0/s1. The van der Waals surface area contributed by atoms with Crippen molar-refractivity contribution in [3.8, 4) is 0 Å². The van der Waals surface area contributed by atoms with E-state index in [1.807, 2.05) is 42.5 Å². The van der Waals surface area contributed by atoms with Gasteiger partial charge < -0.3 is 10.4 Å².